The van der Waals surface area contributed by atoms with Crippen LogP contribution in [0.15, 0.2) is 42.9 Å². The standard InChI is InChI=1S/C22H26N4O2.Cr.3O/c1-16-24-14-19(15-25-16)18(13-21(27)28)7-4-2-3-5-9-20-11-10-17-8-6-12-23-22(17)26-20;;;;/h6,8,10-12,14-15,18H,2-5,7,9,13H2,1H3,(H,27,28);;;;/t18-;;;;/m0..../s1. The van der Waals surface area contributed by atoms with Gasteiger partial charge in [-0.3, -0.25) is 4.79 Å². The van der Waals surface area contributed by atoms with E-state index in [2.05, 4.69) is 32.1 Å². The average molecular weight is 478 g/mol. The number of pyridine rings is 2. The normalized spacial score (nSPS) is 11.4. The van der Waals surface area contributed by atoms with E-state index in [0.29, 0.717) is 5.82 Å². The van der Waals surface area contributed by atoms with Crippen molar-refractivity contribution in [3.63, 3.8) is 0 Å². The third-order valence-electron chi connectivity index (χ3n) is 4.95. The second-order valence-corrected chi connectivity index (χ2v) is 8.01. The van der Waals surface area contributed by atoms with Gasteiger partial charge in [-0.2, -0.15) is 0 Å². The summed E-state index contributed by atoms with van der Waals surface area (Å²) in [5, 5.41) is 10.3. The van der Waals surface area contributed by atoms with E-state index in [1.54, 1.807) is 18.6 Å². The Kier molecular flexibility index (Phi) is 10.6. The molecule has 0 aliphatic heterocycles. The Balaban J connectivity index is 0.000000837. The Bertz CT molecular complexity index is 1110. The van der Waals surface area contributed by atoms with Crippen molar-refractivity contribution in [1.82, 2.24) is 19.9 Å². The number of fused-ring (bicyclic) bond motifs is 1. The molecule has 0 bridgehead atoms. The van der Waals surface area contributed by atoms with E-state index in [1.807, 2.05) is 19.1 Å². The SMILES string of the molecule is Cc1ncc([C@@H](CCCCCCc2ccc3cccnc3n2)CC(=O)O)cn1.[O]=[Cr](=[O])=[O]. The van der Waals surface area contributed by atoms with Crippen molar-refractivity contribution in [2.45, 2.75) is 57.8 Å². The maximum absolute atomic E-state index is 11.2. The molecular weight excluding hydrogens is 452 g/mol. The number of nitrogens with zero attached hydrogens (tertiary/aromatic N) is 4. The van der Waals surface area contributed by atoms with Crippen molar-refractivity contribution >= 4 is 17.0 Å². The number of aromatic nitrogens is 4. The molecule has 32 heavy (non-hydrogen) atoms. The van der Waals surface area contributed by atoms with Crippen LogP contribution in [-0.4, -0.2) is 31.0 Å². The van der Waals surface area contributed by atoms with Gasteiger partial charge in [-0.15, -0.1) is 0 Å². The Morgan fingerprint density at radius 3 is 2.38 bits per heavy atom. The van der Waals surface area contributed by atoms with E-state index < -0.39 is 19.9 Å². The first-order valence-corrected chi connectivity index (χ1v) is 11.9. The zero-order valence-electron chi connectivity index (χ0n) is 17.8. The minimum atomic E-state index is -3.79. The first-order chi connectivity index (χ1) is 15.3. The van der Waals surface area contributed by atoms with Crippen molar-refractivity contribution in [3.05, 3.63) is 59.9 Å². The Hall–Kier alpha value is -2.96. The van der Waals surface area contributed by atoms with Gasteiger partial charge in [0.05, 0.1) is 6.42 Å². The van der Waals surface area contributed by atoms with Crippen LogP contribution in [-0.2, 0) is 36.6 Å². The molecule has 0 unspecified atom stereocenters. The summed E-state index contributed by atoms with van der Waals surface area (Å²) in [6.45, 7) is 1.83. The predicted molar refractivity (Wildman–Crippen MR) is 110 cm³/mol. The molecule has 0 saturated heterocycles. The van der Waals surface area contributed by atoms with Crippen LogP contribution >= 0.6 is 0 Å². The molecule has 3 aromatic rings. The van der Waals surface area contributed by atoms with Gasteiger partial charge in [0, 0.05) is 29.7 Å². The molecule has 0 aromatic carbocycles. The van der Waals surface area contributed by atoms with Crippen molar-refractivity contribution in [2.24, 2.45) is 0 Å². The van der Waals surface area contributed by atoms with E-state index in [4.69, 9.17) is 11.4 Å². The molecule has 0 radical (unpaired) electrons. The Morgan fingerprint density at radius 1 is 1.00 bits per heavy atom. The van der Waals surface area contributed by atoms with E-state index in [-0.39, 0.29) is 12.3 Å². The molecule has 3 heterocycles. The van der Waals surface area contributed by atoms with Crippen molar-refractivity contribution in [1.29, 1.82) is 0 Å². The summed E-state index contributed by atoms with van der Waals surface area (Å²) in [5.41, 5.74) is 2.80. The molecule has 1 N–H and O–H groups in total. The molecule has 0 aliphatic carbocycles. The van der Waals surface area contributed by atoms with Gasteiger partial charge in [-0.05, 0) is 61.9 Å². The van der Waals surface area contributed by atoms with Crippen LogP contribution in [0.4, 0.5) is 0 Å². The van der Waals surface area contributed by atoms with Gasteiger partial charge in [-0.25, -0.2) is 19.9 Å². The number of unbranched alkanes of at least 4 members (excludes halogenated alkanes) is 3. The number of carboxylic acids is 1. The molecule has 3 aromatic heterocycles. The molecule has 0 amide bonds. The van der Waals surface area contributed by atoms with Gasteiger partial charge in [0.25, 0.3) is 0 Å². The average Bonchev–Trinajstić information content (AvgIpc) is 2.75. The van der Waals surface area contributed by atoms with Crippen LogP contribution in [0, 0.1) is 6.92 Å². The Labute approximate surface area is 190 Å². The number of aliphatic carboxylic acids is 1. The molecule has 0 saturated carbocycles. The fourth-order valence-corrected chi connectivity index (χ4v) is 3.39. The van der Waals surface area contributed by atoms with Crippen LogP contribution in [0.5, 0.6) is 0 Å². The first-order valence-electron chi connectivity index (χ1n) is 10.3. The van der Waals surface area contributed by atoms with E-state index in [1.165, 1.54) is 0 Å². The Morgan fingerprint density at radius 2 is 1.69 bits per heavy atom. The predicted octanol–water partition coefficient (Wildman–Crippen LogP) is 4.12. The molecule has 10 heteroatoms. The molecular formula is C22H26CrN4O5. The van der Waals surface area contributed by atoms with Gasteiger partial charge in [0.2, 0.25) is 0 Å². The summed E-state index contributed by atoms with van der Waals surface area (Å²) >= 11 is -3.79. The van der Waals surface area contributed by atoms with Crippen molar-refractivity contribution in [2.75, 3.05) is 0 Å². The van der Waals surface area contributed by atoms with E-state index >= 15 is 0 Å². The fourth-order valence-electron chi connectivity index (χ4n) is 3.39. The summed E-state index contributed by atoms with van der Waals surface area (Å²) in [7, 11) is 0. The maximum atomic E-state index is 11.2. The summed E-state index contributed by atoms with van der Waals surface area (Å²) in [6, 6.07) is 8.09. The van der Waals surface area contributed by atoms with Crippen molar-refractivity contribution < 1.29 is 35.3 Å². The molecule has 9 nitrogen and oxygen atoms in total. The molecule has 170 valence electrons. The van der Waals surface area contributed by atoms with E-state index in [0.717, 1.165) is 60.8 Å². The second-order valence-electron chi connectivity index (χ2n) is 7.37. The number of carbonyl (C=O) groups is 1. The summed E-state index contributed by atoms with van der Waals surface area (Å²) < 4.78 is 25.6. The van der Waals surface area contributed by atoms with Crippen LogP contribution in [0.3, 0.4) is 0 Å². The third-order valence-corrected chi connectivity index (χ3v) is 4.95. The fraction of sp³-hybridized carbons (Fsp3) is 0.409. The van der Waals surface area contributed by atoms with Gasteiger partial charge < -0.3 is 5.11 Å². The zero-order chi connectivity index (χ0) is 23.3. The van der Waals surface area contributed by atoms with Gasteiger partial charge >= 0.3 is 31.3 Å². The quantitative estimate of drug-likeness (QED) is 0.426. The number of hydrogen-bond acceptors (Lipinski definition) is 8. The third kappa shape index (κ3) is 9.46. The number of hydrogen-bond donors (Lipinski definition) is 1. The topological polar surface area (TPSA) is 140 Å². The summed E-state index contributed by atoms with van der Waals surface area (Å²) in [6.07, 6.45) is 11.5. The molecule has 0 spiro atoms. The van der Waals surface area contributed by atoms with Crippen molar-refractivity contribution in [3.8, 4) is 0 Å². The molecule has 3 rings (SSSR count). The number of rotatable bonds is 10. The minimum absolute atomic E-state index is 0.0219. The van der Waals surface area contributed by atoms with Gasteiger partial charge in [-0.1, -0.05) is 19.3 Å². The van der Waals surface area contributed by atoms with E-state index in [9.17, 15) is 9.90 Å². The molecule has 0 aliphatic rings. The summed E-state index contributed by atoms with van der Waals surface area (Å²) in [5.74, 6) is -0.0942. The molecule has 0 fully saturated rings. The zero-order valence-corrected chi connectivity index (χ0v) is 19.1. The van der Waals surface area contributed by atoms with Crippen LogP contribution in [0.25, 0.3) is 11.0 Å². The second kappa shape index (κ2) is 13.5. The number of carboxylic acid groups (broad SMARTS) is 1. The number of aryl methyl sites for hydroxylation is 2. The van der Waals surface area contributed by atoms with Crippen LogP contribution in [0.2, 0.25) is 0 Å². The molecule has 1 atom stereocenters. The van der Waals surface area contributed by atoms with Crippen LogP contribution < -0.4 is 0 Å². The monoisotopic (exact) mass is 478 g/mol. The van der Waals surface area contributed by atoms with Gasteiger partial charge in [0.1, 0.15) is 5.82 Å². The van der Waals surface area contributed by atoms with Gasteiger partial charge in [0.15, 0.2) is 5.65 Å². The first kappa shape index (κ1) is 25.3. The summed E-state index contributed by atoms with van der Waals surface area (Å²) in [4.78, 5) is 28.5. The van der Waals surface area contributed by atoms with Crippen LogP contribution in [0.1, 0.15) is 61.5 Å².